The van der Waals surface area contributed by atoms with E-state index in [1.54, 1.807) is 18.2 Å². The van der Waals surface area contributed by atoms with E-state index in [4.69, 9.17) is 47.6 Å². The highest BCUT2D eigenvalue weighted by Gasteiger charge is 2.12. The topological polar surface area (TPSA) is 148 Å². The lowest BCUT2D eigenvalue weighted by molar-refractivity contribution is 0.470. The second kappa shape index (κ2) is 6.85. The molecular weight excluding hydrogens is 341 g/mol. The molecule has 0 aliphatic rings. The van der Waals surface area contributed by atoms with Gasteiger partial charge in [0.2, 0.25) is 5.95 Å². The van der Waals surface area contributed by atoms with Gasteiger partial charge in [0.25, 0.3) is 0 Å². The third-order valence-corrected chi connectivity index (χ3v) is 2.76. The van der Waals surface area contributed by atoms with Crippen molar-refractivity contribution in [1.29, 1.82) is 0 Å². The Kier molecular flexibility index (Phi) is 5.67. The molecule has 0 atom stereocenters. The summed E-state index contributed by atoms with van der Waals surface area (Å²) in [4.78, 5) is 3.80. The first-order chi connectivity index (χ1) is 9.59. The van der Waals surface area contributed by atoms with Crippen LogP contribution in [0.2, 0.25) is 10.0 Å². The zero-order chi connectivity index (χ0) is 16.2. The van der Waals surface area contributed by atoms with E-state index in [-0.39, 0.29) is 11.8 Å². The van der Waals surface area contributed by atoms with Crippen LogP contribution in [0.5, 0.6) is 0 Å². The van der Waals surface area contributed by atoms with Gasteiger partial charge in [-0.2, -0.15) is 4.98 Å². The summed E-state index contributed by atoms with van der Waals surface area (Å²) in [6.45, 7) is 0. The van der Waals surface area contributed by atoms with Crippen molar-refractivity contribution in [3.05, 3.63) is 28.2 Å². The van der Waals surface area contributed by atoms with Crippen molar-refractivity contribution in [1.82, 2.24) is 15.2 Å². The van der Waals surface area contributed by atoms with Gasteiger partial charge in [-0.05, 0) is 6.07 Å². The highest BCUT2D eigenvalue weighted by atomic mass is 35.5. The SMILES string of the molecule is CS(=O)(=O)[O-].Nc1nnc(-c2cccc(Cl)c2Cl)c(N)n1. The van der Waals surface area contributed by atoms with Crippen LogP contribution in [0.15, 0.2) is 18.2 Å². The Hall–Kier alpha value is -1.68. The number of hydrogen-bond acceptors (Lipinski definition) is 8. The van der Waals surface area contributed by atoms with Gasteiger partial charge in [-0.3, -0.25) is 0 Å². The Balaban J connectivity index is 0.000000383. The lowest BCUT2D eigenvalue weighted by atomic mass is 10.1. The average molecular weight is 351 g/mol. The molecule has 114 valence electrons. The van der Waals surface area contributed by atoms with E-state index in [0.717, 1.165) is 0 Å². The molecule has 0 aliphatic heterocycles. The molecule has 21 heavy (non-hydrogen) atoms. The summed E-state index contributed by atoms with van der Waals surface area (Å²) < 4.78 is 27.2. The van der Waals surface area contributed by atoms with Crippen LogP contribution in [0.25, 0.3) is 11.3 Å². The molecule has 0 unspecified atom stereocenters. The minimum absolute atomic E-state index is 0.0133. The number of hydrogen-bond donors (Lipinski definition) is 2. The number of nitrogens with zero attached hydrogens (tertiary/aromatic N) is 3. The maximum absolute atomic E-state index is 9.08. The molecule has 11 heteroatoms. The number of benzene rings is 1. The van der Waals surface area contributed by atoms with E-state index < -0.39 is 10.1 Å². The fourth-order valence-electron chi connectivity index (χ4n) is 1.23. The Morgan fingerprint density at radius 1 is 1.19 bits per heavy atom. The van der Waals surface area contributed by atoms with Crippen molar-refractivity contribution in [3.63, 3.8) is 0 Å². The van der Waals surface area contributed by atoms with Gasteiger partial charge in [-0.1, -0.05) is 35.3 Å². The van der Waals surface area contributed by atoms with Crippen molar-refractivity contribution in [2.24, 2.45) is 0 Å². The van der Waals surface area contributed by atoms with E-state index >= 15 is 0 Å². The van der Waals surface area contributed by atoms with Crippen LogP contribution in [0.1, 0.15) is 0 Å². The Labute approximate surface area is 130 Å². The third-order valence-electron chi connectivity index (χ3n) is 1.94. The summed E-state index contributed by atoms with van der Waals surface area (Å²) >= 11 is 11.9. The molecule has 0 saturated heterocycles. The molecule has 0 fully saturated rings. The predicted octanol–water partition coefficient (Wildman–Crippen LogP) is 1.17. The summed E-state index contributed by atoms with van der Waals surface area (Å²) in [5, 5.41) is 8.24. The molecule has 8 nitrogen and oxygen atoms in total. The first kappa shape index (κ1) is 17.4. The minimum atomic E-state index is -3.92. The lowest BCUT2D eigenvalue weighted by Crippen LogP contribution is -2.04. The van der Waals surface area contributed by atoms with E-state index in [9.17, 15) is 0 Å². The van der Waals surface area contributed by atoms with Crippen molar-refractivity contribution in [3.8, 4) is 11.3 Å². The molecule has 1 heterocycles. The van der Waals surface area contributed by atoms with Crippen molar-refractivity contribution < 1.29 is 13.0 Å². The summed E-state index contributed by atoms with van der Waals surface area (Å²) in [6, 6.07) is 5.13. The molecule has 0 bridgehead atoms. The number of rotatable bonds is 1. The summed E-state index contributed by atoms with van der Waals surface area (Å²) in [5.41, 5.74) is 12.0. The summed E-state index contributed by atoms with van der Waals surface area (Å²) in [6.07, 6.45) is 0.604. The van der Waals surface area contributed by atoms with E-state index in [1.807, 2.05) is 0 Å². The van der Waals surface area contributed by atoms with Crippen LogP contribution in [0, 0.1) is 0 Å². The maximum Gasteiger partial charge on any atom is 0.242 e. The number of aromatic nitrogens is 3. The van der Waals surface area contributed by atoms with Crippen molar-refractivity contribution in [2.45, 2.75) is 0 Å². The van der Waals surface area contributed by atoms with Gasteiger partial charge >= 0.3 is 0 Å². The van der Waals surface area contributed by atoms with Gasteiger partial charge in [0.15, 0.2) is 5.82 Å². The van der Waals surface area contributed by atoms with Gasteiger partial charge in [0.1, 0.15) is 5.69 Å². The van der Waals surface area contributed by atoms with E-state index in [2.05, 4.69) is 15.2 Å². The van der Waals surface area contributed by atoms with Gasteiger partial charge in [-0.15, -0.1) is 10.2 Å². The van der Waals surface area contributed by atoms with Gasteiger partial charge in [-0.25, -0.2) is 8.42 Å². The monoisotopic (exact) mass is 350 g/mol. The Morgan fingerprint density at radius 2 is 1.76 bits per heavy atom. The predicted molar refractivity (Wildman–Crippen MR) is 79.7 cm³/mol. The molecule has 1 aromatic carbocycles. The zero-order valence-corrected chi connectivity index (χ0v) is 12.9. The van der Waals surface area contributed by atoms with Gasteiger partial charge in [0.05, 0.1) is 20.2 Å². The fourth-order valence-corrected chi connectivity index (χ4v) is 1.62. The first-order valence-corrected chi connectivity index (χ1v) is 7.77. The molecule has 2 rings (SSSR count). The zero-order valence-electron chi connectivity index (χ0n) is 10.6. The number of anilines is 2. The van der Waals surface area contributed by atoms with Crippen LogP contribution in [-0.2, 0) is 10.1 Å². The lowest BCUT2D eigenvalue weighted by Gasteiger charge is -2.06. The van der Waals surface area contributed by atoms with Crippen LogP contribution in [-0.4, -0.2) is 34.4 Å². The van der Waals surface area contributed by atoms with Gasteiger partial charge < -0.3 is 16.0 Å². The largest absolute Gasteiger partial charge is 0.748 e. The van der Waals surface area contributed by atoms with Gasteiger partial charge in [0, 0.05) is 11.8 Å². The molecule has 0 amide bonds. The number of halogens is 2. The molecule has 1 aromatic heterocycles. The average Bonchev–Trinajstić information content (AvgIpc) is 2.31. The molecule has 4 N–H and O–H groups in total. The quantitative estimate of drug-likeness (QED) is 0.727. The molecule has 0 spiro atoms. The highest BCUT2D eigenvalue weighted by Crippen LogP contribution is 2.33. The van der Waals surface area contributed by atoms with Crippen molar-refractivity contribution >= 4 is 45.1 Å². The van der Waals surface area contributed by atoms with Crippen molar-refractivity contribution in [2.75, 3.05) is 17.7 Å². The summed E-state index contributed by atoms with van der Waals surface area (Å²) in [5.74, 6) is 0.177. The molecular formula is C10H10Cl2N5O3S-. The Bertz CT molecular complexity index is 746. The number of nitrogen functional groups attached to an aromatic ring is 2. The molecule has 0 saturated carbocycles. The highest BCUT2D eigenvalue weighted by molar-refractivity contribution is 7.84. The standard InChI is InChI=1S/C9H7Cl2N5.CH4O3S/c10-5-3-1-2-4(6(5)11)7-8(12)14-9(13)16-15-7;1-5(2,3)4/h1-3H,(H4,12,13,14,16);1H3,(H,2,3,4)/p-1. The van der Waals surface area contributed by atoms with E-state index in [0.29, 0.717) is 27.6 Å². The third kappa shape index (κ3) is 5.68. The molecule has 2 aromatic rings. The molecule has 0 radical (unpaired) electrons. The number of nitrogens with two attached hydrogens (primary N) is 2. The van der Waals surface area contributed by atoms with Crippen LogP contribution in [0.3, 0.4) is 0 Å². The second-order valence-electron chi connectivity index (χ2n) is 3.71. The normalized spacial score (nSPS) is 10.7. The van der Waals surface area contributed by atoms with E-state index in [1.165, 1.54) is 0 Å². The first-order valence-electron chi connectivity index (χ1n) is 5.20. The molecule has 0 aliphatic carbocycles. The fraction of sp³-hybridized carbons (Fsp3) is 0.100. The maximum atomic E-state index is 9.08. The minimum Gasteiger partial charge on any atom is -0.748 e. The second-order valence-corrected chi connectivity index (χ2v) is 5.90. The Morgan fingerprint density at radius 3 is 2.29 bits per heavy atom. The summed E-state index contributed by atoms with van der Waals surface area (Å²) in [7, 11) is -3.92. The van der Waals surface area contributed by atoms with Crippen LogP contribution >= 0.6 is 23.2 Å². The smallest absolute Gasteiger partial charge is 0.242 e. The van der Waals surface area contributed by atoms with Crippen LogP contribution < -0.4 is 11.5 Å². The van der Waals surface area contributed by atoms with Crippen LogP contribution in [0.4, 0.5) is 11.8 Å².